The number of hydrogen-bond acceptors (Lipinski definition) is 6. The summed E-state index contributed by atoms with van der Waals surface area (Å²) < 4.78 is 11.3. The van der Waals surface area contributed by atoms with Gasteiger partial charge in [0.2, 0.25) is 0 Å². The van der Waals surface area contributed by atoms with Gasteiger partial charge in [-0.15, -0.1) is 0 Å². The summed E-state index contributed by atoms with van der Waals surface area (Å²) >= 11 is 0. The fourth-order valence-corrected chi connectivity index (χ4v) is 3.81. The first-order chi connectivity index (χ1) is 17.6. The van der Waals surface area contributed by atoms with Gasteiger partial charge in [0.1, 0.15) is 17.6 Å². The van der Waals surface area contributed by atoms with Crippen molar-refractivity contribution in [3.8, 4) is 29.0 Å². The molecule has 0 aliphatic heterocycles. The molecule has 0 saturated heterocycles. The molecule has 0 fully saturated rings. The van der Waals surface area contributed by atoms with Gasteiger partial charge in [-0.2, -0.15) is 5.26 Å². The largest absolute Gasteiger partial charge is 0.492 e. The smallest absolute Gasteiger partial charge is 0.343 e. The van der Waals surface area contributed by atoms with Gasteiger partial charge in [-0.25, -0.2) is 14.8 Å². The first kappa shape index (κ1) is 26.9. The van der Waals surface area contributed by atoms with Gasteiger partial charge in [-0.05, 0) is 67.3 Å². The van der Waals surface area contributed by atoms with Crippen molar-refractivity contribution in [1.82, 2.24) is 9.97 Å². The second-order valence-corrected chi connectivity index (χ2v) is 8.87. The third-order valence-corrected chi connectivity index (χ3v) is 5.94. The maximum atomic E-state index is 12.7. The first-order valence-electron chi connectivity index (χ1n) is 12.9. The molecule has 0 atom stereocenters. The molecular formula is C30H35N3O3. The number of carbonyl (C=O) groups is 1. The van der Waals surface area contributed by atoms with Crippen molar-refractivity contribution in [2.24, 2.45) is 0 Å². The Hall–Kier alpha value is -3.72. The number of aromatic nitrogens is 2. The molecule has 1 aromatic heterocycles. The SMILES string of the molecule is CCCCCCCOc1ccc(C(=O)Oc2ccc(-c3ncc(CCCCC)cn3)cc2)cc1C#N. The zero-order valence-corrected chi connectivity index (χ0v) is 21.3. The van der Waals surface area contributed by atoms with Gasteiger partial charge >= 0.3 is 5.97 Å². The van der Waals surface area contributed by atoms with E-state index in [2.05, 4.69) is 29.9 Å². The van der Waals surface area contributed by atoms with Crippen LogP contribution in [0.25, 0.3) is 11.4 Å². The lowest BCUT2D eigenvalue weighted by Gasteiger charge is -2.10. The van der Waals surface area contributed by atoms with E-state index in [0.717, 1.165) is 36.8 Å². The Morgan fingerprint density at radius 2 is 1.58 bits per heavy atom. The zero-order valence-electron chi connectivity index (χ0n) is 21.3. The number of nitriles is 1. The lowest BCUT2D eigenvalue weighted by molar-refractivity contribution is 0.0734. The van der Waals surface area contributed by atoms with Crippen LogP contribution in [-0.2, 0) is 6.42 Å². The summed E-state index contributed by atoms with van der Waals surface area (Å²) in [6.07, 6.45) is 13.9. The summed E-state index contributed by atoms with van der Waals surface area (Å²) in [5.74, 6) is 1.00. The molecule has 188 valence electrons. The van der Waals surface area contributed by atoms with E-state index >= 15 is 0 Å². The van der Waals surface area contributed by atoms with Crippen LogP contribution in [0.1, 0.15) is 86.7 Å². The fourth-order valence-electron chi connectivity index (χ4n) is 3.81. The van der Waals surface area contributed by atoms with Gasteiger partial charge in [-0.1, -0.05) is 52.4 Å². The summed E-state index contributed by atoms with van der Waals surface area (Å²) in [5, 5.41) is 9.50. The van der Waals surface area contributed by atoms with Crippen molar-refractivity contribution in [3.05, 3.63) is 71.5 Å². The molecule has 0 aliphatic carbocycles. The van der Waals surface area contributed by atoms with Crippen LogP contribution in [0.5, 0.6) is 11.5 Å². The molecule has 1 heterocycles. The monoisotopic (exact) mass is 485 g/mol. The minimum absolute atomic E-state index is 0.299. The van der Waals surface area contributed by atoms with Gasteiger partial charge in [-0.3, -0.25) is 0 Å². The second kappa shape index (κ2) is 14.6. The Kier molecular flexibility index (Phi) is 10.9. The highest BCUT2D eigenvalue weighted by Crippen LogP contribution is 2.23. The molecule has 36 heavy (non-hydrogen) atoms. The third kappa shape index (κ3) is 8.20. The van der Waals surface area contributed by atoms with Crippen molar-refractivity contribution < 1.29 is 14.3 Å². The number of rotatable bonds is 14. The molecule has 0 amide bonds. The number of unbranched alkanes of at least 4 members (excludes halogenated alkanes) is 6. The molecule has 0 bridgehead atoms. The Morgan fingerprint density at radius 3 is 2.28 bits per heavy atom. The average molecular weight is 486 g/mol. The van der Waals surface area contributed by atoms with Crippen LogP contribution in [0.3, 0.4) is 0 Å². The maximum absolute atomic E-state index is 12.7. The summed E-state index contributed by atoms with van der Waals surface area (Å²) in [4.78, 5) is 21.6. The quantitative estimate of drug-likeness (QED) is 0.135. The number of hydrogen-bond donors (Lipinski definition) is 0. The molecule has 0 unspecified atom stereocenters. The van der Waals surface area contributed by atoms with E-state index in [1.54, 1.807) is 24.3 Å². The van der Waals surface area contributed by atoms with Crippen LogP contribution in [0.15, 0.2) is 54.9 Å². The number of carbonyl (C=O) groups excluding carboxylic acids is 1. The Bertz CT molecular complexity index is 1140. The molecule has 0 N–H and O–H groups in total. The average Bonchev–Trinajstić information content (AvgIpc) is 2.91. The second-order valence-electron chi connectivity index (χ2n) is 8.87. The molecule has 0 saturated carbocycles. The van der Waals surface area contributed by atoms with Crippen molar-refractivity contribution in [1.29, 1.82) is 5.26 Å². The van der Waals surface area contributed by atoms with Gasteiger partial charge in [0.25, 0.3) is 0 Å². The minimum atomic E-state index is -0.530. The number of aryl methyl sites for hydroxylation is 1. The standard InChI is InChI=1S/C30H35N3O3/c1-3-5-7-8-10-18-35-28-17-14-25(19-26(28)20-31)30(34)36-27-15-12-24(13-16-27)29-32-21-23(22-33-29)11-9-6-4-2/h12-17,19,21-22H,3-11,18H2,1-2H3. The van der Waals surface area contributed by atoms with Crippen molar-refractivity contribution in [3.63, 3.8) is 0 Å². The van der Waals surface area contributed by atoms with E-state index in [4.69, 9.17) is 9.47 Å². The number of esters is 1. The van der Waals surface area contributed by atoms with E-state index in [0.29, 0.717) is 35.1 Å². The van der Waals surface area contributed by atoms with Gasteiger partial charge in [0, 0.05) is 18.0 Å². The summed E-state index contributed by atoms with van der Waals surface area (Å²) in [5.41, 5.74) is 2.60. The van der Waals surface area contributed by atoms with Crippen molar-refractivity contribution >= 4 is 5.97 Å². The number of nitrogens with zero attached hydrogens (tertiary/aromatic N) is 3. The molecule has 2 aromatic carbocycles. The zero-order chi connectivity index (χ0) is 25.6. The Labute approximate surface area is 214 Å². The molecule has 6 heteroatoms. The van der Waals surface area contributed by atoms with E-state index in [1.807, 2.05) is 24.5 Å². The molecule has 0 spiro atoms. The van der Waals surface area contributed by atoms with Crippen LogP contribution >= 0.6 is 0 Å². The van der Waals surface area contributed by atoms with Gasteiger partial charge < -0.3 is 9.47 Å². The summed E-state index contributed by atoms with van der Waals surface area (Å²) in [6.45, 7) is 4.92. The Morgan fingerprint density at radius 1 is 0.889 bits per heavy atom. The molecule has 0 aliphatic rings. The topological polar surface area (TPSA) is 85.1 Å². The fraction of sp³-hybridized carbons (Fsp3) is 0.400. The predicted octanol–water partition coefficient (Wildman–Crippen LogP) is 7.32. The molecule has 0 radical (unpaired) electrons. The predicted molar refractivity (Wildman–Crippen MR) is 141 cm³/mol. The summed E-state index contributed by atoms with van der Waals surface area (Å²) in [6, 6.07) is 14.0. The molecule has 3 aromatic rings. The lowest BCUT2D eigenvalue weighted by Crippen LogP contribution is -2.09. The Balaban J connectivity index is 1.56. The van der Waals surface area contributed by atoms with E-state index in [1.165, 1.54) is 38.2 Å². The van der Waals surface area contributed by atoms with Gasteiger partial charge in [0.05, 0.1) is 17.7 Å². The van der Waals surface area contributed by atoms with E-state index < -0.39 is 5.97 Å². The van der Waals surface area contributed by atoms with E-state index in [9.17, 15) is 10.1 Å². The molecule has 6 nitrogen and oxygen atoms in total. The van der Waals surface area contributed by atoms with Gasteiger partial charge in [0.15, 0.2) is 5.82 Å². The van der Waals surface area contributed by atoms with Crippen LogP contribution in [0.4, 0.5) is 0 Å². The number of benzene rings is 2. The highest BCUT2D eigenvalue weighted by atomic mass is 16.5. The van der Waals surface area contributed by atoms with Crippen LogP contribution in [-0.4, -0.2) is 22.5 Å². The van der Waals surface area contributed by atoms with Crippen LogP contribution in [0.2, 0.25) is 0 Å². The minimum Gasteiger partial charge on any atom is -0.492 e. The van der Waals surface area contributed by atoms with E-state index in [-0.39, 0.29) is 0 Å². The van der Waals surface area contributed by atoms with Crippen LogP contribution < -0.4 is 9.47 Å². The third-order valence-electron chi connectivity index (χ3n) is 5.94. The number of ether oxygens (including phenoxy) is 2. The first-order valence-corrected chi connectivity index (χ1v) is 12.9. The molecular weight excluding hydrogens is 450 g/mol. The lowest BCUT2D eigenvalue weighted by atomic mass is 10.1. The molecule has 3 rings (SSSR count). The van der Waals surface area contributed by atoms with Crippen molar-refractivity contribution in [2.45, 2.75) is 71.6 Å². The normalized spacial score (nSPS) is 10.6. The highest BCUT2D eigenvalue weighted by molar-refractivity contribution is 5.91. The van der Waals surface area contributed by atoms with Crippen LogP contribution in [0, 0.1) is 11.3 Å². The van der Waals surface area contributed by atoms with Crippen molar-refractivity contribution in [2.75, 3.05) is 6.61 Å². The highest BCUT2D eigenvalue weighted by Gasteiger charge is 2.13. The summed E-state index contributed by atoms with van der Waals surface area (Å²) in [7, 11) is 0. The maximum Gasteiger partial charge on any atom is 0.343 e.